The van der Waals surface area contributed by atoms with Crippen molar-refractivity contribution in [3.63, 3.8) is 0 Å². The van der Waals surface area contributed by atoms with Gasteiger partial charge in [0.05, 0.1) is 11.8 Å². The van der Waals surface area contributed by atoms with Crippen LogP contribution in [0.25, 0.3) is 0 Å². The third kappa shape index (κ3) is 3.05. The largest absolute Gasteiger partial charge is 0.387 e. The Morgan fingerprint density at radius 3 is 2.60 bits per heavy atom. The Kier molecular flexibility index (Phi) is 4.80. The van der Waals surface area contributed by atoms with Crippen molar-refractivity contribution >= 4 is 15.9 Å². The predicted molar refractivity (Wildman–Crippen MR) is 64.7 cm³/mol. The normalized spacial score (nSPS) is 13.1. The van der Waals surface area contributed by atoms with E-state index in [1.807, 2.05) is 18.5 Å². The van der Waals surface area contributed by atoms with E-state index in [0.29, 0.717) is 0 Å². The van der Waals surface area contributed by atoms with E-state index >= 15 is 0 Å². The maximum atomic E-state index is 10.0. The van der Waals surface area contributed by atoms with E-state index in [0.717, 1.165) is 29.0 Å². The molecule has 0 aliphatic carbocycles. The molecule has 0 amide bonds. The molecule has 1 aromatic heterocycles. The van der Waals surface area contributed by atoms with E-state index in [2.05, 4.69) is 27.8 Å². The molecule has 4 heteroatoms. The lowest BCUT2D eigenvalue weighted by Gasteiger charge is -2.12. The Morgan fingerprint density at radius 2 is 2.13 bits per heavy atom. The Bertz CT molecular complexity index is 323. The topological polar surface area (TPSA) is 38.1 Å². The smallest absolute Gasteiger partial charge is 0.130 e. The second-order valence-corrected chi connectivity index (χ2v) is 4.66. The average Bonchev–Trinajstić information content (AvgIpc) is 2.41. The fraction of sp³-hybridized carbons (Fsp3) is 0.727. The lowest BCUT2D eigenvalue weighted by atomic mass is 10.1. The highest BCUT2D eigenvalue weighted by Gasteiger charge is 2.17. The van der Waals surface area contributed by atoms with Crippen molar-refractivity contribution in [2.75, 3.05) is 0 Å². The SMILES string of the molecule is CCCCCC(O)c1c(Br)nc(C)n1C. The van der Waals surface area contributed by atoms with Gasteiger partial charge < -0.3 is 9.67 Å². The molecule has 1 rings (SSSR count). The number of aliphatic hydroxyl groups is 1. The Morgan fingerprint density at radius 1 is 1.47 bits per heavy atom. The molecule has 1 aromatic rings. The number of halogens is 1. The fourth-order valence-electron chi connectivity index (χ4n) is 1.67. The summed E-state index contributed by atoms with van der Waals surface area (Å²) in [5.41, 5.74) is 0.892. The number of aromatic nitrogens is 2. The molecule has 0 spiro atoms. The second-order valence-electron chi connectivity index (χ2n) is 3.91. The molecule has 1 N–H and O–H groups in total. The van der Waals surface area contributed by atoms with Crippen LogP contribution >= 0.6 is 15.9 Å². The number of hydrogen-bond acceptors (Lipinski definition) is 2. The van der Waals surface area contributed by atoms with Gasteiger partial charge in [0.25, 0.3) is 0 Å². The first kappa shape index (κ1) is 12.7. The van der Waals surface area contributed by atoms with Crippen LogP contribution in [0.5, 0.6) is 0 Å². The zero-order valence-electron chi connectivity index (χ0n) is 9.63. The van der Waals surface area contributed by atoms with Crippen molar-refractivity contribution < 1.29 is 5.11 Å². The summed E-state index contributed by atoms with van der Waals surface area (Å²) in [6, 6.07) is 0. The van der Waals surface area contributed by atoms with Gasteiger partial charge in [0.15, 0.2) is 0 Å². The monoisotopic (exact) mass is 274 g/mol. The van der Waals surface area contributed by atoms with E-state index in [-0.39, 0.29) is 0 Å². The molecule has 0 radical (unpaired) electrons. The van der Waals surface area contributed by atoms with Crippen molar-refractivity contribution in [2.45, 2.75) is 45.6 Å². The molecule has 3 nitrogen and oxygen atoms in total. The molecule has 86 valence electrons. The third-order valence-corrected chi connectivity index (χ3v) is 3.30. The van der Waals surface area contributed by atoms with Gasteiger partial charge in [-0.1, -0.05) is 26.2 Å². The van der Waals surface area contributed by atoms with Crippen molar-refractivity contribution in [1.29, 1.82) is 0 Å². The van der Waals surface area contributed by atoms with Gasteiger partial charge in [0.1, 0.15) is 10.4 Å². The van der Waals surface area contributed by atoms with Crippen molar-refractivity contribution in [3.05, 3.63) is 16.1 Å². The van der Waals surface area contributed by atoms with Crippen LogP contribution in [0, 0.1) is 6.92 Å². The number of aryl methyl sites for hydroxylation is 1. The summed E-state index contributed by atoms with van der Waals surface area (Å²) >= 11 is 3.39. The van der Waals surface area contributed by atoms with Crippen LogP contribution in [0.1, 0.15) is 50.2 Å². The van der Waals surface area contributed by atoms with Gasteiger partial charge in [-0.3, -0.25) is 0 Å². The van der Waals surface area contributed by atoms with Crippen molar-refractivity contribution in [3.8, 4) is 0 Å². The second kappa shape index (κ2) is 5.66. The quantitative estimate of drug-likeness (QED) is 0.838. The molecule has 1 heterocycles. The Labute approximate surface area is 99.7 Å². The molecule has 0 aliphatic heterocycles. The molecule has 0 aromatic carbocycles. The number of rotatable bonds is 5. The Balaban J connectivity index is 2.68. The van der Waals surface area contributed by atoms with Crippen molar-refractivity contribution in [1.82, 2.24) is 9.55 Å². The van der Waals surface area contributed by atoms with E-state index < -0.39 is 6.10 Å². The van der Waals surface area contributed by atoms with Gasteiger partial charge >= 0.3 is 0 Å². The summed E-state index contributed by atoms with van der Waals surface area (Å²) in [4.78, 5) is 4.28. The van der Waals surface area contributed by atoms with Gasteiger partial charge in [-0.05, 0) is 29.3 Å². The van der Waals surface area contributed by atoms with E-state index in [1.165, 1.54) is 12.8 Å². The predicted octanol–water partition coefficient (Wildman–Crippen LogP) is 3.10. The summed E-state index contributed by atoms with van der Waals surface area (Å²) in [6.45, 7) is 4.10. The highest BCUT2D eigenvalue weighted by molar-refractivity contribution is 9.10. The molecule has 1 unspecified atom stereocenters. The van der Waals surface area contributed by atoms with Gasteiger partial charge in [0.2, 0.25) is 0 Å². The Hall–Kier alpha value is -0.350. The molecule has 0 fully saturated rings. The maximum Gasteiger partial charge on any atom is 0.130 e. The first-order valence-electron chi connectivity index (χ1n) is 5.44. The highest BCUT2D eigenvalue weighted by atomic mass is 79.9. The van der Waals surface area contributed by atoms with Gasteiger partial charge in [-0.15, -0.1) is 0 Å². The van der Waals surface area contributed by atoms with Crippen LogP contribution < -0.4 is 0 Å². The summed E-state index contributed by atoms with van der Waals surface area (Å²) in [5, 5.41) is 10.0. The van der Waals surface area contributed by atoms with Crippen molar-refractivity contribution in [2.24, 2.45) is 7.05 Å². The fourth-order valence-corrected chi connectivity index (χ4v) is 2.46. The minimum Gasteiger partial charge on any atom is -0.387 e. The minimum atomic E-state index is -0.405. The standard InChI is InChI=1S/C11H19BrN2O/c1-4-5-6-7-9(15)10-11(12)13-8(2)14(10)3/h9,15H,4-7H2,1-3H3. The first-order valence-corrected chi connectivity index (χ1v) is 6.24. The molecular weight excluding hydrogens is 256 g/mol. The zero-order chi connectivity index (χ0) is 11.4. The molecule has 1 atom stereocenters. The van der Waals surface area contributed by atoms with E-state index in [9.17, 15) is 5.11 Å². The maximum absolute atomic E-state index is 10.0. The van der Waals surface area contributed by atoms with Crippen LogP contribution in [0.2, 0.25) is 0 Å². The number of hydrogen-bond donors (Lipinski definition) is 1. The van der Waals surface area contributed by atoms with Crippen LogP contribution in [0.4, 0.5) is 0 Å². The molecule has 0 saturated carbocycles. The number of imidazole rings is 1. The summed E-state index contributed by atoms with van der Waals surface area (Å²) in [7, 11) is 1.94. The molecule has 0 aliphatic rings. The molecule has 0 saturated heterocycles. The van der Waals surface area contributed by atoms with Crippen LogP contribution in [0.15, 0.2) is 4.60 Å². The summed E-state index contributed by atoms with van der Waals surface area (Å²) in [6.07, 6.45) is 3.82. The average molecular weight is 275 g/mol. The van der Waals surface area contributed by atoms with E-state index in [4.69, 9.17) is 0 Å². The molecular formula is C11H19BrN2O. The molecule has 15 heavy (non-hydrogen) atoms. The van der Waals surface area contributed by atoms with Crippen LogP contribution in [-0.4, -0.2) is 14.7 Å². The summed E-state index contributed by atoms with van der Waals surface area (Å²) in [5.74, 6) is 0.923. The third-order valence-electron chi connectivity index (χ3n) is 2.71. The lowest BCUT2D eigenvalue weighted by molar-refractivity contribution is 0.154. The van der Waals surface area contributed by atoms with E-state index in [1.54, 1.807) is 0 Å². The molecule has 0 bridgehead atoms. The van der Waals surface area contributed by atoms with Crippen LogP contribution in [0.3, 0.4) is 0 Å². The first-order chi connectivity index (χ1) is 7.07. The summed E-state index contributed by atoms with van der Waals surface area (Å²) < 4.78 is 2.72. The number of aliphatic hydroxyl groups excluding tert-OH is 1. The van der Waals surface area contributed by atoms with Crippen LogP contribution in [-0.2, 0) is 7.05 Å². The zero-order valence-corrected chi connectivity index (χ0v) is 11.2. The van der Waals surface area contributed by atoms with Gasteiger partial charge in [-0.25, -0.2) is 4.98 Å². The van der Waals surface area contributed by atoms with Gasteiger partial charge in [-0.2, -0.15) is 0 Å². The van der Waals surface area contributed by atoms with Gasteiger partial charge in [0, 0.05) is 7.05 Å². The minimum absolute atomic E-state index is 0.405. The number of unbranched alkanes of at least 4 members (excludes halogenated alkanes) is 2. The highest BCUT2D eigenvalue weighted by Crippen LogP contribution is 2.27. The lowest BCUT2D eigenvalue weighted by Crippen LogP contribution is -2.05. The number of nitrogens with zero attached hydrogens (tertiary/aromatic N) is 2.